The summed E-state index contributed by atoms with van der Waals surface area (Å²) in [5, 5.41) is 8.90. The van der Waals surface area contributed by atoms with Crippen LogP contribution in [0.5, 0.6) is 0 Å². The highest BCUT2D eigenvalue weighted by Gasteiger charge is 2.36. The number of likely N-dealkylation sites (tertiary alicyclic amines) is 1. The Hall–Kier alpha value is -0.580. The Labute approximate surface area is 103 Å². The maximum absolute atomic E-state index is 11.7. The molecule has 1 unspecified atom stereocenters. The van der Waals surface area contributed by atoms with Crippen molar-refractivity contribution >= 4 is 27.8 Å². The highest BCUT2D eigenvalue weighted by molar-refractivity contribution is 9.09. The van der Waals surface area contributed by atoms with Crippen LogP contribution in [0, 0.1) is 5.92 Å². The van der Waals surface area contributed by atoms with E-state index in [9.17, 15) is 9.59 Å². The molecule has 1 aliphatic heterocycles. The summed E-state index contributed by atoms with van der Waals surface area (Å²) in [4.78, 5) is 24.7. The number of carbonyl (C=O) groups is 2. The smallest absolute Gasteiger partial charge is 0.306 e. The van der Waals surface area contributed by atoms with Gasteiger partial charge in [0.1, 0.15) is 0 Å². The van der Waals surface area contributed by atoms with E-state index >= 15 is 0 Å². The standard InChI is InChI=1S/C11H16BrNO3/c12-8-5-10(14)13(6-8)9-3-1-7(2-4-9)11(15)16/h7-9H,1-6H2,(H,15,16). The number of alkyl halides is 1. The SMILES string of the molecule is O=C(O)C1CCC(N2CC(Br)CC2=O)CC1. The number of hydrogen-bond acceptors (Lipinski definition) is 2. The maximum Gasteiger partial charge on any atom is 0.306 e. The molecule has 0 spiro atoms. The van der Waals surface area contributed by atoms with Gasteiger partial charge in [0, 0.05) is 23.8 Å². The molecule has 1 saturated heterocycles. The highest BCUT2D eigenvalue weighted by Crippen LogP contribution is 2.31. The minimum Gasteiger partial charge on any atom is -0.481 e. The molecule has 1 aliphatic carbocycles. The van der Waals surface area contributed by atoms with E-state index in [1.165, 1.54) is 0 Å². The molecule has 1 heterocycles. The fourth-order valence-electron chi connectivity index (χ4n) is 2.67. The molecular weight excluding hydrogens is 274 g/mol. The Balaban J connectivity index is 1.89. The van der Waals surface area contributed by atoms with Crippen molar-refractivity contribution < 1.29 is 14.7 Å². The first-order chi connectivity index (χ1) is 7.58. The molecule has 2 fully saturated rings. The fourth-order valence-corrected chi connectivity index (χ4v) is 3.26. The van der Waals surface area contributed by atoms with E-state index in [-0.39, 0.29) is 22.7 Å². The minimum absolute atomic E-state index is 0.200. The molecule has 4 nitrogen and oxygen atoms in total. The number of nitrogens with zero attached hydrogens (tertiary/aromatic N) is 1. The van der Waals surface area contributed by atoms with Crippen LogP contribution in [0.25, 0.3) is 0 Å². The molecule has 0 radical (unpaired) electrons. The molecule has 1 amide bonds. The summed E-state index contributed by atoms with van der Waals surface area (Å²) < 4.78 is 0. The molecule has 1 atom stereocenters. The summed E-state index contributed by atoms with van der Waals surface area (Å²) >= 11 is 3.46. The molecule has 0 bridgehead atoms. The second kappa shape index (κ2) is 4.73. The van der Waals surface area contributed by atoms with Crippen LogP contribution < -0.4 is 0 Å². The van der Waals surface area contributed by atoms with Gasteiger partial charge in [-0.05, 0) is 25.7 Å². The van der Waals surface area contributed by atoms with Gasteiger partial charge in [-0.1, -0.05) is 15.9 Å². The second-order valence-electron chi connectivity index (χ2n) is 4.69. The van der Waals surface area contributed by atoms with Crippen molar-refractivity contribution in [2.75, 3.05) is 6.54 Å². The van der Waals surface area contributed by atoms with Crippen LogP contribution in [0.3, 0.4) is 0 Å². The summed E-state index contributed by atoms with van der Waals surface area (Å²) in [7, 11) is 0. The van der Waals surface area contributed by atoms with Crippen molar-refractivity contribution in [3.8, 4) is 0 Å². The normalized spacial score (nSPS) is 35.4. The lowest BCUT2D eigenvalue weighted by Gasteiger charge is -2.33. The maximum atomic E-state index is 11.7. The van der Waals surface area contributed by atoms with Gasteiger partial charge in [0.15, 0.2) is 0 Å². The fraction of sp³-hybridized carbons (Fsp3) is 0.818. The van der Waals surface area contributed by atoms with Crippen LogP contribution >= 0.6 is 15.9 Å². The van der Waals surface area contributed by atoms with E-state index in [4.69, 9.17) is 5.11 Å². The highest BCUT2D eigenvalue weighted by atomic mass is 79.9. The molecule has 1 saturated carbocycles. The van der Waals surface area contributed by atoms with Crippen LogP contribution in [-0.4, -0.2) is 39.3 Å². The number of aliphatic carboxylic acids is 1. The number of carboxylic acids is 1. The van der Waals surface area contributed by atoms with Gasteiger partial charge in [-0.3, -0.25) is 9.59 Å². The lowest BCUT2D eigenvalue weighted by molar-refractivity contribution is -0.143. The van der Waals surface area contributed by atoms with Crippen molar-refractivity contribution in [3.63, 3.8) is 0 Å². The zero-order chi connectivity index (χ0) is 11.7. The van der Waals surface area contributed by atoms with Gasteiger partial charge in [-0.2, -0.15) is 0 Å². The zero-order valence-corrected chi connectivity index (χ0v) is 10.6. The predicted octanol–water partition coefficient (Wildman–Crippen LogP) is 1.63. The number of carbonyl (C=O) groups excluding carboxylic acids is 1. The first-order valence-electron chi connectivity index (χ1n) is 5.74. The van der Waals surface area contributed by atoms with E-state index in [2.05, 4.69) is 15.9 Å². The molecular formula is C11H16BrNO3. The topological polar surface area (TPSA) is 57.6 Å². The summed E-state index contributed by atoms with van der Waals surface area (Å²) in [6, 6.07) is 0.269. The molecule has 2 rings (SSSR count). The van der Waals surface area contributed by atoms with Crippen molar-refractivity contribution in [1.82, 2.24) is 4.90 Å². The van der Waals surface area contributed by atoms with Crippen molar-refractivity contribution in [3.05, 3.63) is 0 Å². The zero-order valence-electron chi connectivity index (χ0n) is 9.06. The van der Waals surface area contributed by atoms with Crippen LogP contribution in [0.4, 0.5) is 0 Å². The molecule has 1 N–H and O–H groups in total. The Morgan fingerprint density at radius 1 is 1.31 bits per heavy atom. The lowest BCUT2D eigenvalue weighted by atomic mass is 9.85. The van der Waals surface area contributed by atoms with Crippen LogP contribution in [0.15, 0.2) is 0 Å². The summed E-state index contributed by atoms with van der Waals surface area (Å²) in [6.07, 6.45) is 3.66. The van der Waals surface area contributed by atoms with Gasteiger partial charge in [0.05, 0.1) is 5.92 Å². The summed E-state index contributed by atoms with van der Waals surface area (Å²) in [5.74, 6) is -0.682. The first-order valence-corrected chi connectivity index (χ1v) is 6.66. The first kappa shape index (κ1) is 11.9. The van der Waals surface area contributed by atoms with Crippen LogP contribution in [-0.2, 0) is 9.59 Å². The van der Waals surface area contributed by atoms with E-state index in [0.29, 0.717) is 19.3 Å². The molecule has 0 aromatic heterocycles. The van der Waals surface area contributed by atoms with Gasteiger partial charge in [-0.25, -0.2) is 0 Å². The van der Waals surface area contributed by atoms with Gasteiger partial charge in [-0.15, -0.1) is 0 Å². The van der Waals surface area contributed by atoms with Gasteiger partial charge >= 0.3 is 5.97 Å². The predicted molar refractivity (Wildman–Crippen MR) is 62.4 cm³/mol. The molecule has 2 aliphatic rings. The Morgan fingerprint density at radius 2 is 1.94 bits per heavy atom. The number of halogens is 1. The quantitative estimate of drug-likeness (QED) is 0.786. The molecule has 5 heteroatoms. The Morgan fingerprint density at radius 3 is 2.38 bits per heavy atom. The summed E-state index contributed by atoms with van der Waals surface area (Å²) in [6.45, 7) is 0.779. The van der Waals surface area contributed by atoms with Crippen LogP contribution in [0.2, 0.25) is 0 Å². The van der Waals surface area contributed by atoms with E-state index < -0.39 is 5.97 Å². The van der Waals surface area contributed by atoms with Gasteiger partial charge in [0.2, 0.25) is 5.91 Å². The molecule has 0 aromatic carbocycles. The third-order valence-electron chi connectivity index (χ3n) is 3.60. The van der Waals surface area contributed by atoms with Crippen LogP contribution in [0.1, 0.15) is 32.1 Å². The average molecular weight is 290 g/mol. The van der Waals surface area contributed by atoms with E-state index in [1.54, 1.807) is 0 Å². The number of hydrogen-bond donors (Lipinski definition) is 1. The molecule has 90 valence electrons. The largest absolute Gasteiger partial charge is 0.481 e. The minimum atomic E-state index is -0.690. The number of rotatable bonds is 2. The van der Waals surface area contributed by atoms with Crippen molar-refractivity contribution in [2.24, 2.45) is 5.92 Å². The second-order valence-corrected chi connectivity index (χ2v) is 5.99. The lowest BCUT2D eigenvalue weighted by Crippen LogP contribution is -2.40. The summed E-state index contributed by atoms with van der Waals surface area (Å²) in [5.41, 5.74) is 0. The monoisotopic (exact) mass is 289 g/mol. The number of amides is 1. The molecule has 0 aromatic rings. The molecule has 16 heavy (non-hydrogen) atoms. The van der Waals surface area contributed by atoms with Crippen molar-refractivity contribution in [2.45, 2.75) is 43.0 Å². The third-order valence-corrected chi connectivity index (χ3v) is 4.21. The average Bonchev–Trinajstić information content (AvgIpc) is 2.58. The Kier molecular flexibility index (Phi) is 3.52. The van der Waals surface area contributed by atoms with Gasteiger partial charge in [0.25, 0.3) is 0 Å². The number of carboxylic acid groups (broad SMARTS) is 1. The Bertz CT molecular complexity index is 300. The van der Waals surface area contributed by atoms with E-state index in [1.807, 2.05) is 4.90 Å². The third kappa shape index (κ3) is 2.39. The van der Waals surface area contributed by atoms with Gasteiger partial charge < -0.3 is 10.0 Å². The van der Waals surface area contributed by atoms with Crippen molar-refractivity contribution in [1.29, 1.82) is 0 Å². The van der Waals surface area contributed by atoms with E-state index in [0.717, 1.165) is 19.4 Å².